The summed E-state index contributed by atoms with van der Waals surface area (Å²) in [4.78, 5) is 0. The lowest BCUT2D eigenvalue weighted by atomic mass is 10.1. The maximum Gasteiger partial charge on any atom is 0.750 e. The zero-order valence-corrected chi connectivity index (χ0v) is 8.74. The van der Waals surface area contributed by atoms with Gasteiger partial charge in [-0.2, -0.15) is 0 Å². The molecule has 3 nitrogen and oxygen atoms in total. The predicted molar refractivity (Wildman–Crippen MR) is 53.1 cm³/mol. The van der Waals surface area contributed by atoms with E-state index in [1.165, 1.54) is 6.26 Å². The summed E-state index contributed by atoms with van der Waals surface area (Å²) >= 11 is 5.82. The van der Waals surface area contributed by atoms with E-state index in [1.54, 1.807) is 18.2 Å². The molecule has 0 aromatic heterocycles. The molecule has 0 saturated heterocycles. The highest BCUT2D eigenvalue weighted by molar-refractivity contribution is 7.33. The van der Waals surface area contributed by atoms with E-state index in [0.717, 1.165) is 5.56 Å². The Bertz CT molecular complexity index is 391. The molecule has 0 N–H and O–H groups in total. The highest BCUT2D eigenvalue weighted by atomic mass is 35.5. The topological polar surface area (TPSA) is 35.5 Å². The van der Waals surface area contributed by atoms with Crippen molar-refractivity contribution in [1.29, 1.82) is 0 Å². The number of halogens is 1. The molecule has 0 amide bonds. The summed E-state index contributed by atoms with van der Waals surface area (Å²) < 4.78 is 20.7. The maximum atomic E-state index is 11.0. The Morgan fingerprint density at radius 3 is 3.00 bits per heavy atom. The molecule has 5 heteroatoms. The van der Waals surface area contributed by atoms with Crippen molar-refractivity contribution in [1.82, 2.24) is 0 Å². The van der Waals surface area contributed by atoms with Crippen LogP contribution in [0.3, 0.4) is 0 Å². The summed E-state index contributed by atoms with van der Waals surface area (Å²) in [6, 6.07) is 7.21. The fourth-order valence-electron chi connectivity index (χ4n) is 1.16. The molecule has 14 heavy (non-hydrogen) atoms. The molecule has 2 rings (SSSR count). The molecule has 1 heterocycles. The Labute approximate surface area is 87.2 Å². The van der Waals surface area contributed by atoms with Crippen LogP contribution in [0.15, 0.2) is 36.6 Å². The van der Waals surface area contributed by atoms with E-state index in [9.17, 15) is 4.57 Å². The minimum absolute atomic E-state index is 0.342. The highest BCUT2D eigenvalue weighted by Crippen LogP contribution is 2.38. The highest BCUT2D eigenvalue weighted by Gasteiger charge is 2.30. The van der Waals surface area contributed by atoms with Crippen molar-refractivity contribution in [2.24, 2.45) is 0 Å². The summed E-state index contributed by atoms with van der Waals surface area (Å²) in [5, 5.41) is 0.626. The molecule has 0 aliphatic carbocycles. The van der Waals surface area contributed by atoms with Crippen LogP contribution in [-0.2, 0) is 13.6 Å². The molecule has 0 fully saturated rings. The van der Waals surface area contributed by atoms with Crippen molar-refractivity contribution in [2.45, 2.75) is 6.10 Å². The molecule has 0 bridgehead atoms. The number of rotatable bonds is 1. The van der Waals surface area contributed by atoms with Gasteiger partial charge in [-0.25, -0.2) is 4.52 Å². The Morgan fingerprint density at radius 1 is 1.43 bits per heavy atom. The molecule has 2 atom stereocenters. The molecule has 1 aromatic rings. The van der Waals surface area contributed by atoms with Crippen molar-refractivity contribution >= 4 is 19.9 Å². The van der Waals surface area contributed by atoms with Crippen LogP contribution in [0, 0.1) is 0 Å². The molecule has 1 aliphatic rings. The molecule has 1 aromatic carbocycles. The Hall–Kier alpha value is -0.890. The lowest BCUT2D eigenvalue weighted by Gasteiger charge is -2.08. The van der Waals surface area contributed by atoms with Crippen LogP contribution in [-0.4, -0.2) is 0 Å². The summed E-state index contributed by atoms with van der Waals surface area (Å²) in [7, 11) is -2.04. The van der Waals surface area contributed by atoms with Gasteiger partial charge in [0.05, 0.1) is 0 Å². The Kier molecular flexibility index (Phi) is 2.82. The van der Waals surface area contributed by atoms with Crippen LogP contribution in [0.25, 0.3) is 0 Å². The van der Waals surface area contributed by atoms with Crippen LogP contribution in [0.2, 0.25) is 5.02 Å². The van der Waals surface area contributed by atoms with Crippen molar-refractivity contribution in [3.63, 3.8) is 0 Å². The summed E-state index contributed by atoms with van der Waals surface area (Å²) in [6.45, 7) is 0. The van der Waals surface area contributed by atoms with Crippen LogP contribution in [0.1, 0.15) is 11.7 Å². The molecule has 0 radical (unpaired) electrons. The second kappa shape index (κ2) is 4.09. The van der Waals surface area contributed by atoms with Gasteiger partial charge in [-0.15, -0.1) is 0 Å². The molecular weight excluding hydrogens is 223 g/mol. The van der Waals surface area contributed by atoms with E-state index in [4.69, 9.17) is 16.1 Å². The Balaban J connectivity index is 2.26. The third-order valence-corrected chi connectivity index (χ3v) is 2.71. The first-order valence-corrected chi connectivity index (χ1v) is 5.46. The van der Waals surface area contributed by atoms with Crippen LogP contribution < -0.4 is 0 Å². The van der Waals surface area contributed by atoms with Gasteiger partial charge in [0.25, 0.3) is 0 Å². The van der Waals surface area contributed by atoms with Gasteiger partial charge in [0.1, 0.15) is 0 Å². The molecular formula is C9H7ClO3P+. The number of hydrogen-bond donors (Lipinski definition) is 0. The minimum Gasteiger partial charge on any atom is -0.237 e. The fourth-order valence-corrected chi connectivity index (χ4v) is 1.96. The van der Waals surface area contributed by atoms with Crippen molar-refractivity contribution in [3.8, 4) is 0 Å². The molecule has 0 spiro atoms. The van der Waals surface area contributed by atoms with Gasteiger partial charge in [0.2, 0.25) is 0 Å². The van der Waals surface area contributed by atoms with E-state index in [0.29, 0.717) is 5.02 Å². The van der Waals surface area contributed by atoms with Gasteiger partial charge in [0.15, 0.2) is 12.4 Å². The molecule has 1 aliphatic heterocycles. The average Bonchev–Trinajstić information content (AvgIpc) is 2.18. The smallest absolute Gasteiger partial charge is 0.237 e. The van der Waals surface area contributed by atoms with E-state index in [2.05, 4.69) is 4.52 Å². The number of benzene rings is 1. The Morgan fingerprint density at radius 2 is 2.29 bits per heavy atom. The van der Waals surface area contributed by atoms with Gasteiger partial charge in [0, 0.05) is 9.59 Å². The average molecular weight is 230 g/mol. The third-order valence-electron chi connectivity index (χ3n) is 1.78. The first-order valence-electron chi connectivity index (χ1n) is 3.98. The van der Waals surface area contributed by atoms with Crippen LogP contribution >= 0.6 is 19.9 Å². The summed E-state index contributed by atoms with van der Waals surface area (Å²) in [5.74, 6) is 0. The van der Waals surface area contributed by atoms with Crippen LogP contribution in [0.4, 0.5) is 0 Å². The molecule has 0 saturated carbocycles. The van der Waals surface area contributed by atoms with E-state index < -0.39 is 8.25 Å². The normalized spacial score (nSPS) is 23.2. The van der Waals surface area contributed by atoms with Crippen molar-refractivity contribution in [2.75, 3.05) is 0 Å². The van der Waals surface area contributed by atoms with Gasteiger partial charge < -0.3 is 0 Å². The lowest BCUT2D eigenvalue weighted by Crippen LogP contribution is -1.99. The number of hydrogen-bond acceptors (Lipinski definition) is 3. The lowest BCUT2D eigenvalue weighted by molar-refractivity contribution is 0.205. The van der Waals surface area contributed by atoms with Gasteiger partial charge in [-0.05, 0) is 23.8 Å². The van der Waals surface area contributed by atoms with Gasteiger partial charge in [-0.1, -0.05) is 28.3 Å². The zero-order chi connectivity index (χ0) is 9.97. The zero-order valence-electron chi connectivity index (χ0n) is 7.09. The SMILES string of the molecule is O=[P+]1OC=C[C@@H](c2cccc(Cl)c2)O1. The largest absolute Gasteiger partial charge is 0.750 e. The van der Waals surface area contributed by atoms with E-state index in [-0.39, 0.29) is 6.10 Å². The second-order valence-electron chi connectivity index (χ2n) is 2.74. The van der Waals surface area contributed by atoms with Crippen molar-refractivity contribution < 1.29 is 13.6 Å². The predicted octanol–water partition coefficient (Wildman–Crippen LogP) is 3.60. The molecule has 1 unspecified atom stereocenters. The maximum absolute atomic E-state index is 11.0. The summed E-state index contributed by atoms with van der Waals surface area (Å²) in [6.07, 6.45) is 2.72. The van der Waals surface area contributed by atoms with Gasteiger partial charge >= 0.3 is 8.25 Å². The monoisotopic (exact) mass is 229 g/mol. The standard InChI is InChI=1S/C9H7ClO3P/c10-8-3-1-2-7(6-8)9-4-5-12-14(11)13-9/h1-6,9H/q+1/t9-/m0/s1. The fraction of sp³-hybridized carbons (Fsp3) is 0.111. The van der Waals surface area contributed by atoms with Crippen LogP contribution in [0.5, 0.6) is 0 Å². The second-order valence-corrected chi connectivity index (χ2v) is 4.04. The van der Waals surface area contributed by atoms with E-state index >= 15 is 0 Å². The third kappa shape index (κ3) is 2.13. The minimum atomic E-state index is -2.04. The van der Waals surface area contributed by atoms with E-state index in [1.807, 2.05) is 12.1 Å². The quantitative estimate of drug-likeness (QED) is 0.690. The van der Waals surface area contributed by atoms with Crippen molar-refractivity contribution in [3.05, 3.63) is 47.2 Å². The summed E-state index contributed by atoms with van der Waals surface area (Å²) in [5.41, 5.74) is 0.861. The van der Waals surface area contributed by atoms with Gasteiger partial charge in [-0.3, -0.25) is 0 Å². The first kappa shape index (κ1) is 9.66. The molecule has 72 valence electrons. The first-order chi connectivity index (χ1) is 6.75.